The molecule has 0 aromatic heterocycles. The molecule has 0 aliphatic heterocycles. The SMILES string of the molecule is CC#CCCNC(C)C(=O)NC(=O)NCC. The second-order valence-corrected chi connectivity index (χ2v) is 3.20. The number of urea groups is 1. The van der Waals surface area contributed by atoms with Gasteiger partial charge in [-0.3, -0.25) is 10.1 Å². The maximum absolute atomic E-state index is 11.4. The fourth-order valence-corrected chi connectivity index (χ4v) is 0.994. The monoisotopic (exact) mass is 225 g/mol. The maximum Gasteiger partial charge on any atom is 0.321 e. The third kappa shape index (κ3) is 6.85. The quantitative estimate of drug-likeness (QED) is 0.463. The van der Waals surface area contributed by atoms with Crippen molar-refractivity contribution in [1.82, 2.24) is 16.0 Å². The Labute approximate surface area is 96.4 Å². The molecule has 0 aromatic rings. The summed E-state index contributed by atoms with van der Waals surface area (Å²) in [6.45, 7) is 6.38. The van der Waals surface area contributed by atoms with Crippen LogP contribution < -0.4 is 16.0 Å². The minimum atomic E-state index is -0.463. The summed E-state index contributed by atoms with van der Waals surface area (Å²) in [6, 6.07) is -0.865. The van der Waals surface area contributed by atoms with Gasteiger partial charge in [-0.05, 0) is 20.8 Å². The van der Waals surface area contributed by atoms with E-state index in [2.05, 4.69) is 27.8 Å². The van der Waals surface area contributed by atoms with Gasteiger partial charge in [0.2, 0.25) is 5.91 Å². The van der Waals surface area contributed by atoms with Crippen LogP contribution in [0.1, 0.15) is 27.2 Å². The van der Waals surface area contributed by atoms with Crippen molar-refractivity contribution in [2.45, 2.75) is 33.2 Å². The number of carbonyl (C=O) groups excluding carboxylic acids is 2. The minimum Gasteiger partial charge on any atom is -0.338 e. The Balaban J connectivity index is 3.79. The van der Waals surface area contributed by atoms with Gasteiger partial charge in [0.25, 0.3) is 0 Å². The van der Waals surface area contributed by atoms with Gasteiger partial charge in [-0.2, -0.15) is 0 Å². The third-order valence-corrected chi connectivity index (χ3v) is 1.84. The first kappa shape index (κ1) is 14.5. The molecule has 0 spiro atoms. The highest BCUT2D eigenvalue weighted by Gasteiger charge is 2.13. The summed E-state index contributed by atoms with van der Waals surface area (Å²) in [5.41, 5.74) is 0. The molecular weight excluding hydrogens is 206 g/mol. The predicted molar refractivity (Wildman–Crippen MR) is 62.7 cm³/mol. The molecular formula is C11H19N3O2. The van der Waals surface area contributed by atoms with E-state index in [1.54, 1.807) is 20.8 Å². The average molecular weight is 225 g/mol. The van der Waals surface area contributed by atoms with Gasteiger partial charge in [-0.1, -0.05) is 0 Å². The predicted octanol–water partition coefficient (Wildman–Crippen LogP) is 0.224. The van der Waals surface area contributed by atoms with Crippen LogP contribution >= 0.6 is 0 Å². The Kier molecular flexibility index (Phi) is 7.90. The van der Waals surface area contributed by atoms with E-state index in [4.69, 9.17) is 0 Å². The van der Waals surface area contributed by atoms with Gasteiger partial charge in [0.05, 0.1) is 6.04 Å². The van der Waals surface area contributed by atoms with Gasteiger partial charge in [-0.25, -0.2) is 4.79 Å². The summed E-state index contributed by atoms with van der Waals surface area (Å²) in [5, 5.41) is 7.69. The molecule has 16 heavy (non-hydrogen) atoms. The highest BCUT2D eigenvalue weighted by atomic mass is 16.2. The van der Waals surface area contributed by atoms with Crippen LogP contribution in [0.25, 0.3) is 0 Å². The second-order valence-electron chi connectivity index (χ2n) is 3.20. The van der Waals surface area contributed by atoms with Gasteiger partial charge < -0.3 is 10.6 Å². The molecule has 0 heterocycles. The van der Waals surface area contributed by atoms with E-state index in [9.17, 15) is 9.59 Å². The number of rotatable bonds is 5. The van der Waals surface area contributed by atoms with Crippen molar-refractivity contribution < 1.29 is 9.59 Å². The van der Waals surface area contributed by atoms with Gasteiger partial charge in [0.15, 0.2) is 0 Å². The number of hydrogen-bond donors (Lipinski definition) is 3. The van der Waals surface area contributed by atoms with E-state index in [0.717, 1.165) is 0 Å². The smallest absolute Gasteiger partial charge is 0.321 e. The van der Waals surface area contributed by atoms with Crippen LogP contribution in [0.5, 0.6) is 0 Å². The van der Waals surface area contributed by atoms with Crippen LogP contribution in [0.4, 0.5) is 4.79 Å². The standard InChI is InChI=1S/C11H19N3O2/c1-4-6-7-8-13-9(3)10(15)14-11(16)12-5-2/h9,13H,5,7-8H2,1-3H3,(H2,12,14,15,16). The molecule has 0 saturated heterocycles. The fraction of sp³-hybridized carbons (Fsp3) is 0.636. The molecule has 0 bridgehead atoms. The van der Waals surface area contributed by atoms with Gasteiger partial charge in [0.1, 0.15) is 0 Å². The highest BCUT2D eigenvalue weighted by molar-refractivity contribution is 5.96. The normalized spacial score (nSPS) is 10.9. The molecule has 5 heteroatoms. The van der Waals surface area contributed by atoms with Crippen LogP contribution in [-0.4, -0.2) is 31.1 Å². The van der Waals surface area contributed by atoms with Crippen molar-refractivity contribution in [1.29, 1.82) is 0 Å². The van der Waals surface area contributed by atoms with E-state index in [1.807, 2.05) is 0 Å². The molecule has 3 amide bonds. The van der Waals surface area contributed by atoms with E-state index >= 15 is 0 Å². The van der Waals surface area contributed by atoms with Crippen molar-refractivity contribution in [2.75, 3.05) is 13.1 Å². The summed E-state index contributed by atoms with van der Waals surface area (Å²) in [4.78, 5) is 22.5. The zero-order chi connectivity index (χ0) is 12.4. The van der Waals surface area contributed by atoms with Gasteiger partial charge in [-0.15, -0.1) is 11.8 Å². The highest BCUT2D eigenvalue weighted by Crippen LogP contribution is 1.83. The lowest BCUT2D eigenvalue weighted by Gasteiger charge is -2.12. The number of carbonyl (C=O) groups is 2. The summed E-state index contributed by atoms with van der Waals surface area (Å²) < 4.78 is 0. The topological polar surface area (TPSA) is 70.2 Å². The maximum atomic E-state index is 11.4. The molecule has 0 aliphatic carbocycles. The molecule has 0 rings (SSSR count). The fourth-order valence-electron chi connectivity index (χ4n) is 0.994. The average Bonchev–Trinajstić information content (AvgIpc) is 2.24. The van der Waals surface area contributed by atoms with E-state index in [1.165, 1.54) is 0 Å². The molecule has 1 unspecified atom stereocenters. The van der Waals surface area contributed by atoms with Crippen LogP contribution in [0.2, 0.25) is 0 Å². The summed E-state index contributed by atoms with van der Waals surface area (Å²) in [7, 11) is 0. The first-order valence-corrected chi connectivity index (χ1v) is 5.33. The Bertz CT molecular complexity index is 291. The zero-order valence-corrected chi connectivity index (χ0v) is 10.0. The molecule has 0 aromatic carbocycles. The number of nitrogens with one attached hydrogen (secondary N) is 3. The van der Waals surface area contributed by atoms with Crippen molar-refractivity contribution in [2.24, 2.45) is 0 Å². The zero-order valence-electron chi connectivity index (χ0n) is 10.0. The lowest BCUT2D eigenvalue weighted by Crippen LogP contribution is -2.48. The van der Waals surface area contributed by atoms with Crippen LogP contribution in [0, 0.1) is 11.8 Å². The van der Waals surface area contributed by atoms with Crippen molar-refractivity contribution in [3.63, 3.8) is 0 Å². The molecule has 3 N–H and O–H groups in total. The minimum absolute atomic E-state index is 0.338. The van der Waals surface area contributed by atoms with Crippen LogP contribution in [0.3, 0.4) is 0 Å². The van der Waals surface area contributed by atoms with Gasteiger partial charge >= 0.3 is 6.03 Å². The number of amides is 3. The molecule has 1 atom stereocenters. The Morgan fingerprint density at radius 2 is 2.06 bits per heavy atom. The van der Waals surface area contributed by atoms with Crippen molar-refractivity contribution in [3.05, 3.63) is 0 Å². The first-order chi connectivity index (χ1) is 7.61. The molecule has 0 aliphatic rings. The molecule has 0 radical (unpaired) electrons. The summed E-state index contributed by atoms with van der Waals surface area (Å²) in [6.07, 6.45) is 0.690. The summed E-state index contributed by atoms with van der Waals surface area (Å²) >= 11 is 0. The lowest BCUT2D eigenvalue weighted by molar-refractivity contribution is -0.121. The lowest BCUT2D eigenvalue weighted by atomic mass is 10.3. The van der Waals surface area contributed by atoms with E-state index < -0.39 is 12.1 Å². The Hall–Kier alpha value is -1.54. The molecule has 0 fully saturated rings. The second kappa shape index (κ2) is 8.74. The Morgan fingerprint density at radius 1 is 1.38 bits per heavy atom. The summed E-state index contributed by atoms with van der Waals surface area (Å²) in [5.74, 6) is 5.31. The molecule has 5 nitrogen and oxygen atoms in total. The third-order valence-electron chi connectivity index (χ3n) is 1.84. The van der Waals surface area contributed by atoms with Crippen LogP contribution in [0.15, 0.2) is 0 Å². The number of imide groups is 1. The first-order valence-electron chi connectivity index (χ1n) is 5.33. The Morgan fingerprint density at radius 3 is 2.62 bits per heavy atom. The van der Waals surface area contributed by atoms with Crippen molar-refractivity contribution >= 4 is 11.9 Å². The van der Waals surface area contributed by atoms with E-state index in [0.29, 0.717) is 19.5 Å². The number of hydrogen-bond acceptors (Lipinski definition) is 3. The van der Waals surface area contributed by atoms with Crippen molar-refractivity contribution in [3.8, 4) is 11.8 Å². The largest absolute Gasteiger partial charge is 0.338 e. The van der Waals surface area contributed by atoms with Gasteiger partial charge in [0, 0.05) is 19.5 Å². The molecule has 90 valence electrons. The van der Waals surface area contributed by atoms with Crippen LogP contribution in [-0.2, 0) is 4.79 Å². The van der Waals surface area contributed by atoms with E-state index in [-0.39, 0.29) is 5.91 Å². The molecule has 0 saturated carbocycles.